The third-order valence-electron chi connectivity index (χ3n) is 3.20. The van der Waals surface area contributed by atoms with Crippen LogP contribution in [0.4, 0.5) is 5.82 Å². The number of hydrogen-bond donors (Lipinski definition) is 1. The number of aromatic amines is 1. The third kappa shape index (κ3) is 1.62. The van der Waals surface area contributed by atoms with E-state index in [0.29, 0.717) is 11.3 Å². The average Bonchev–Trinajstić information content (AvgIpc) is 2.24. The van der Waals surface area contributed by atoms with Crippen LogP contribution in [0.2, 0.25) is 0 Å². The predicted molar refractivity (Wildman–Crippen MR) is 67.3 cm³/mol. The molecule has 0 aliphatic carbocycles. The minimum atomic E-state index is -0.0534. The van der Waals surface area contributed by atoms with E-state index < -0.39 is 0 Å². The summed E-state index contributed by atoms with van der Waals surface area (Å²) >= 11 is 5.23. The molecule has 0 atom stereocenters. The van der Waals surface area contributed by atoms with Crippen molar-refractivity contribution in [3.63, 3.8) is 0 Å². The molecule has 3 heterocycles. The SMILES string of the molecule is CN1Cc2c3n(c(=S)[nH]c2=O)CN(C)CN3C1. The number of anilines is 1. The van der Waals surface area contributed by atoms with E-state index in [0.717, 1.165) is 31.4 Å². The summed E-state index contributed by atoms with van der Waals surface area (Å²) in [5, 5.41) is 0. The highest BCUT2D eigenvalue weighted by atomic mass is 32.1. The van der Waals surface area contributed by atoms with Gasteiger partial charge in [-0.15, -0.1) is 0 Å². The molecule has 0 spiro atoms. The lowest BCUT2D eigenvalue weighted by Crippen LogP contribution is -2.52. The van der Waals surface area contributed by atoms with Gasteiger partial charge in [0.2, 0.25) is 0 Å². The molecule has 0 bridgehead atoms. The van der Waals surface area contributed by atoms with Gasteiger partial charge in [0.15, 0.2) is 4.77 Å². The van der Waals surface area contributed by atoms with Gasteiger partial charge in [0.25, 0.3) is 5.56 Å². The van der Waals surface area contributed by atoms with Crippen LogP contribution in [0.1, 0.15) is 5.56 Å². The second-order valence-electron chi connectivity index (χ2n) is 4.82. The molecule has 2 aliphatic heterocycles. The maximum atomic E-state index is 11.9. The van der Waals surface area contributed by atoms with Crippen molar-refractivity contribution < 1.29 is 0 Å². The van der Waals surface area contributed by atoms with E-state index in [2.05, 4.69) is 19.7 Å². The third-order valence-corrected chi connectivity index (χ3v) is 3.52. The number of nitrogens with one attached hydrogen (secondary N) is 1. The van der Waals surface area contributed by atoms with Crippen molar-refractivity contribution in [3.05, 3.63) is 20.7 Å². The number of H-pyrrole nitrogens is 1. The van der Waals surface area contributed by atoms with Gasteiger partial charge in [0.05, 0.1) is 25.6 Å². The van der Waals surface area contributed by atoms with E-state index in [1.165, 1.54) is 0 Å². The summed E-state index contributed by atoms with van der Waals surface area (Å²) in [4.78, 5) is 21.2. The minimum Gasteiger partial charge on any atom is -0.331 e. The first-order valence-corrected chi connectivity index (χ1v) is 5.95. The van der Waals surface area contributed by atoms with Gasteiger partial charge in [-0.3, -0.25) is 24.1 Å². The minimum absolute atomic E-state index is 0.0534. The first-order valence-electron chi connectivity index (χ1n) is 5.54. The summed E-state index contributed by atoms with van der Waals surface area (Å²) in [7, 11) is 4.06. The topological polar surface area (TPSA) is 47.5 Å². The van der Waals surface area contributed by atoms with Crippen LogP contribution in [0.15, 0.2) is 4.79 Å². The number of aromatic nitrogens is 2. The Kier molecular flexibility index (Phi) is 2.35. The summed E-state index contributed by atoms with van der Waals surface area (Å²) in [5.41, 5.74) is 0.766. The Morgan fingerprint density at radius 2 is 1.88 bits per heavy atom. The van der Waals surface area contributed by atoms with E-state index in [9.17, 15) is 4.79 Å². The van der Waals surface area contributed by atoms with E-state index in [1.807, 2.05) is 18.7 Å². The summed E-state index contributed by atoms with van der Waals surface area (Å²) < 4.78 is 2.51. The zero-order valence-corrected chi connectivity index (χ0v) is 10.8. The molecular formula is C10H15N5OS. The molecule has 3 rings (SSSR count). The molecule has 0 aromatic carbocycles. The van der Waals surface area contributed by atoms with Crippen LogP contribution in [0.3, 0.4) is 0 Å². The Hall–Kier alpha value is -1.18. The largest absolute Gasteiger partial charge is 0.331 e. The van der Waals surface area contributed by atoms with E-state index >= 15 is 0 Å². The smallest absolute Gasteiger partial charge is 0.258 e. The van der Waals surface area contributed by atoms with Gasteiger partial charge in [-0.2, -0.15) is 0 Å². The molecule has 0 saturated heterocycles. The van der Waals surface area contributed by atoms with Crippen LogP contribution in [0, 0.1) is 4.77 Å². The van der Waals surface area contributed by atoms with E-state index in [-0.39, 0.29) is 5.56 Å². The van der Waals surface area contributed by atoms with E-state index in [4.69, 9.17) is 12.2 Å². The predicted octanol–water partition coefficient (Wildman–Crippen LogP) is -0.0244. The van der Waals surface area contributed by atoms with Crippen LogP contribution in [-0.2, 0) is 13.2 Å². The van der Waals surface area contributed by atoms with Gasteiger partial charge in [0.1, 0.15) is 5.82 Å². The van der Waals surface area contributed by atoms with Crippen LogP contribution in [0.5, 0.6) is 0 Å². The van der Waals surface area contributed by atoms with Gasteiger partial charge in [-0.05, 0) is 26.3 Å². The zero-order chi connectivity index (χ0) is 12.2. The Balaban J connectivity index is 2.29. The van der Waals surface area contributed by atoms with Crippen LogP contribution in [0.25, 0.3) is 0 Å². The fourth-order valence-electron chi connectivity index (χ4n) is 2.60. The van der Waals surface area contributed by atoms with Crippen molar-refractivity contribution in [1.82, 2.24) is 19.4 Å². The number of rotatable bonds is 0. The van der Waals surface area contributed by atoms with Crippen LogP contribution < -0.4 is 10.5 Å². The quantitative estimate of drug-likeness (QED) is 0.658. The molecule has 7 heteroatoms. The molecule has 1 N–H and O–H groups in total. The number of nitrogens with zero attached hydrogens (tertiary/aromatic N) is 4. The molecule has 92 valence electrons. The summed E-state index contributed by atoms with van der Waals surface area (Å²) in [6.45, 7) is 3.07. The first-order chi connectivity index (χ1) is 8.06. The van der Waals surface area contributed by atoms with Gasteiger partial charge in [0, 0.05) is 6.54 Å². The van der Waals surface area contributed by atoms with Crippen molar-refractivity contribution in [2.45, 2.75) is 13.2 Å². The molecule has 1 aromatic heterocycles. The van der Waals surface area contributed by atoms with Crippen molar-refractivity contribution in [1.29, 1.82) is 0 Å². The van der Waals surface area contributed by atoms with Gasteiger partial charge in [-0.1, -0.05) is 0 Å². The van der Waals surface area contributed by atoms with Gasteiger partial charge in [-0.25, -0.2) is 0 Å². The Labute approximate surface area is 104 Å². The van der Waals surface area contributed by atoms with Gasteiger partial charge < -0.3 is 4.90 Å². The molecule has 1 aromatic rings. The highest BCUT2D eigenvalue weighted by molar-refractivity contribution is 7.71. The molecule has 0 unspecified atom stereocenters. The second kappa shape index (κ2) is 3.66. The molecule has 2 aliphatic rings. The van der Waals surface area contributed by atoms with Crippen molar-refractivity contribution in [2.75, 3.05) is 32.3 Å². The second-order valence-corrected chi connectivity index (χ2v) is 5.21. The molecule has 0 saturated carbocycles. The Morgan fingerprint density at radius 3 is 2.65 bits per heavy atom. The monoisotopic (exact) mass is 253 g/mol. The summed E-state index contributed by atoms with van der Waals surface area (Å²) in [6.07, 6.45) is 0. The molecular weight excluding hydrogens is 238 g/mol. The fourth-order valence-corrected chi connectivity index (χ4v) is 2.84. The lowest BCUT2D eigenvalue weighted by atomic mass is 10.2. The Morgan fingerprint density at radius 1 is 1.18 bits per heavy atom. The maximum Gasteiger partial charge on any atom is 0.258 e. The Bertz CT molecular complexity index is 531. The molecule has 0 fully saturated rings. The highest BCUT2D eigenvalue weighted by Crippen LogP contribution is 2.27. The highest BCUT2D eigenvalue weighted by Gasteiger charge is 2.30. The number of hydrogen-bond acceptors (Lipinski definition) is 5. The van der Waals surface area contributed by atoms with Crippen molar-refractivity contribution in [3.8, 4) is 0 Å². The summed E-state index contributed by atoms with van der Waals surface area (Å²) in [6, 6.07) is 0. The van der Waals surface area contributed by atoms with E-state index in [1.54, 1.807) is 0 Å². The maximum absolute atomic E-state index is 11.9. The lowest BCUT2D eigenvalue weighted by Gasteiger charge is -2.43. The summed E-state index contributed by atoms with van der Waals surface area (Å²) in [5.74, 6) is 0.995. The normalized spacial score (nSPS) is 20.5. The van der Waals surface area contributed by atoms with Gasteiger partial charge >= 0.3 is 0 Å². The average molecular weight is 253 g/mol. The molecule has 17 heavy (non-hydrogen) atoms. The van der Waals surface area contributed by atoms with Crippen LogP contribution in [-0.4, -0.2) is 46.8 Å². The van der Waals surface area contributed by atoms with Crippen LogP contribution >= 0.6 is 12.2 Å². The molecule has 6 nitrogen and oxygen atoms in total. The fraction of sp³-hybridized carbons (Fsp3) is 0.600. The zero-order valence-electron chi connectivity index (χ0n) is 9.93. The van der Waals surface area contributed by atoms with Crippen molar-refractivity contribution >= 4 is 18.0 Å². The standard InChI is InChI=1S/C10H15N5OS/c1-12-3-7-8(16)11-10(17)15-6-13(2)5-14(4-12)9(7)15/h3-6H2,1-2H3,(H,11,16,17). The lowest BCUT2D eigenvalue weighted by molar-refractivity contribution is 0.196. The molecule has 0 amide bonds. The first kappa shape index (κ1) is 10.9. The van der Waals surface area contributed by atoms with Crippen molar-refractivity contribution in [2.24, 2.45) is 0 Å². The molecule has 0 radical (unpaired) electrons.